The molecule has 0 aromatic rings. The van der Waals surface area contributed by atoms with Gasteiger partial charge in [0.25, 0.3) is 0 Å². The number of nitrogens with zero attached hydrogens (tertiary/aromatic N) is 1. The molecule has 0 bridgehead atoms. The van der Waals surface area contributed by atoms with Crippen molar-refractivity contribution in [3.05, 3.63) is 0 Å². The summed E-state index contributed by atoms with van der Waals surface area (Å²) >= 11 is 0. The molecule has 1 unspecified atom stereocenters. The van der Waals surface area contributed by atoms with E-state index in [2.05, 4.69) is 5.32 Å². The number of carbonyl (C=O) groups excluding carboxylic acids is 1. The van der Waals surface area contributed by atoms with Crippen LogP contribution in [0.5, 0.6) is 0 Å². The van der Waals surface area contributed by atoms with E-state index in [0.29, 0.717) is 12.5 Å². The van der Waals surface area contributed by atoms with E-state index in [9.17, 15) is 4.79 Å². The number of carbonyl (C=O) groups is 1. The fraction of sp³-hybridized carbons (Fsp3) is 0.800. The van der Waals surface area contributed by atoms with Crippen molar-refractivity contribution >= 4 is 5.91 Å². The third-order valence-corrected chi connectivity index (χ3v) is 2.49. The van der Waals surface area contributed by atoms with Crippen LogP contribution >= 0.6 is 0 Å². The topological polar surface area (TPSA) is 62.1 Å². The minimum absolute atomic E-state index is 0.168. The van der Waals surface area contributed by atoms with Crippen LogP contribution < -0.4 is 5.32 Å². The van der Waals surface area contributed by atoms with Crippen LogP contribution in [-0.4, -0.2) is 25.7 Å². The molecule has 1 aliphatic heterocycles. The Hall–Kier alpha value is -1.08. The summed E-state index contributed by atoms with van der Waals surface area (Å²) in [6.07, 6.45) is 2.00. The highest BCUT2D eigenvalue weighted by atomic mass is 16.5. The van der Waals surface area contributed by atoms with Crippen molar-refractivity contribution in [3.63, 3.8) is 0 Å². The molecule has 0 aromatic carbocycles. The van der Waals surface area contributed by atoms with Crippen LogP contribution in [0.2, 0.25) is 0 Å². The largest absolute Gasteiger partial charge is 0.381 e. The van der Waals surface area contributed by atoms with Gasteiger partial charge in [-0.3, -0.25) is 4.79 Å². The van der Waals surface area contributed by atoms with Crippen LogP contribution in [0.15, 0.2) is 0 Å². The van der Waals surface area contributed by atoms with Crippen molar-refractivity contribution in [2.45, 2.75) is 19.8 Å². The lowest BCUT2D eigenvalue weighted by molar-refractivity contribution is -0.123. The molecule has 1 aliphatic rings. The SMILES string of the molecule is CC(C#N)C(=O)NCC1CCOCC1. The lowest BCUT2D eigenvalue weighted by atomic mass is 10.0. The van der Waals surface area contributed by atoms with E-state index in [1.54, 1.807) is 6.92 Å². The fourth-order valence-electron chi connectivity index (χ4n) is 1.41. The molecule has 14 heavy (non-hydrogen) atoms. The first-order chi connectivity index (χ1) is 6.74. The zero-order chi connectivity index (χ0) is 10.4. The molecule has 0 aliphatic carbocycles. The van der Waals surface area contributed by atoms with E-state index >= 15 is 0 Å². The van der Waals surface area contributed by atoms with Gasteiger partial charge in [-0.1, -0.05) is 0 Å². The van der Waals surface area contributed by atoms with Gasteiger partial charge in [0.2, 0.25) is 5.91 Å². The second-order valence-electron chi connectivity index (χ2n) is 3.65. The van der Waals surface area contributed by atoms with Gasteiger partial charge >= 0.3 is 0 Å². The van der Waals surface area contributed by atoms with Gasteiger partial charge in [0.1, 0.15) is 5.92 Å². The molecule has 1 rings (SSSR count). The van der Waals surface area contributed by atoms with Gasteiger partial charge in [-0.25, -0.2) is 0 Å². The maximum atomic E-state index is 11.3. The Morgan fingerprint density at radius 2 is 2.29 bits per heavy atom. The van der Waals surface area contributed by atoms with Crippen LogP contribution in [-0.2, 0) is 9.53 Å². The van der Waals surface area contributed by atoms with Crippen molar-refractivity contribution in [2.75, 3.05) is 19.8 Å². The Balaban J connectivity index is 2.19. The van der Waals surface area contributed by atoms with E-state index in [0.717, 1.165) is 26.1 Å². The van der Waals surface area contributed by atoms with Crippen LogP contribution in [0.4, 0.5) is 0 Å². The molecule has 1 saturated heterocycles. The zero-order valence-corrected chi connectivity index (χ0v) is 8.45. The third-order valence-electron chi connectivity index (χ3n) is 2.49. The molecule has 1 amide bonds. The van der Waals surface area contributed by atoms with Crippen molar-refractivity contribution in [1.82, 2.24) is 5.32 Å². The summed E-state index contributed by atoms with van der Waals surface area (Å²) < 4.78 is 5.21. The first-order valence-corrected chi connectivity index (χ1v) is 4.99. The average Bonchev–Trinajstić information content (AvgIpc) is 2.26. The number of nitrogens with one attached hydrogen (secondary N) is 1. The third kappa shape index (κ3) is 3.35. The molecule has 0 spiro atoms. The summed E-state index contributed by atoms with van der Waals surface area (Å²) in [5.41, 5.74) is 0. The molecule has 4 nitrogen and oxygen atoms in total. The number of ether oxygens (including phenoxy) is 1. The molecule has 4 heteroatoms. The summed E-state index contributed by atoms with van der Waals surface area (Å²) in [4.78, 5) is 11.3. The van der Waals surface area contributed by atoms with Crippen LogP contribution in [0.1, 0.15) is 19.8 Å². The van der Waals surface area contributed by atoms with Gasteiger partial charge < -0.3 is 10.1 Å². The Kier molecular flexibility index (Phi) is 4.41. The highest BCUT2D eigenvalue weighted by molar-refractivity contribution is 5.80. The van der Waals surface area contributed by atoms with E-state index in [1.807, 2.05) is 6.07 Å². The highest BCUT2D eigenvalue weighted by Gasteiger charge is 2.16. The average molecular weight is 196 g/mol. The first kappa shape index (κ1) is 11.0. The van der Waals surface area contributed by atoms with E-state index < -0.39 is 5.92 Å². The van der Waals surface area contributed by atoms with Crippen molar-refractivity contribution in [3.8, 4) is 6.07 Å². The predicted octanol–water partition coefficient (Wildman–Crippen LogP) is 0.689. The lowest BCUT2D eigenvalue weighted by Gasteiger charge is -2.22. The molecule has 1 heterocycles. The Labute approximate surface area is 84.2 Å². The summed E-state index contributed by atoms with van der Waals surface area (Å²) in [7, 11) is 0. The molecule has 0 aromatic heterocycles. The molecule has 0 radical (unpaired) electrons. The van der Waals surface area contributed by atoms with Gasteiger partial charge in [0.15, 0.2) is 0 Å². The maximum Gasteiger partial charge on any atom is 0.237 e. The summed E-state index contributed by atoms with van der Waals surface area (Å²) in [5, 5.41) is 11.3. The number of rotatable bonds is 3. The predicted molar refractivity (Wildman–Crippen MR) is 51.3 cm³/mol. The van der Waals surface area contributed by atoms with Gasteiger partial charge in [0.05, 0.1) is 6.07 Å². The summed E-state index contributed by atoms with van der Waals surface area (Å²) in [5.74, 6) is -0.201. The molecule has 78 valence electrons. The first-order valence-electron chi connectivity index (χ1n) is 4.99. The molecule has 1 N–H and O–H groups in total. The molecule has 0 saturated carbocycles. The van der Waals surface area contributed by atoms with Gasteiger partial charge in [-0.15, -0.1) is 0 Å². The molecular weight excluding hydrogens is 180 g/mol. The number of hydrogen-bond donors (Lipinski definition) is 1. The van der Waals surface area contributed by atoms with E-state index in [1.165, 1.54) is 0 Å². The van der Waals surface area contributed by atoms with Crippen LogP contribution in [0.25, 0.3) is 0 Å². The molecule has 1 fully saturated rings. The van der Waals surface area contributed by atoms with Crippen molar-refractivity contribution in [1.29, 1.82) is 5.26 Å². The fourth-order valence-corrected chi connectivity index (χ4v) is 1.41. The number of amides is 1. The summed E-state index contributed by atoms with van der Waals surface area (Å²) in [6, 6.07) is 1.92. The Bertz CT molecular complexity index is 229. The smallest absolute Gasteiger partial charge is 0.237 e. The van der Waals surface area contributed by atoms with Crippen molar-refractivity contribution in [2.24, 2.45) is 11.8 Å². The highest BCUT2D eigenvalue weighted by Crippen LogP contribution is 2.13. The van der Waals surface area contributed by atoms with Gasteiger partial charge in [-0.2, -0.15) is 5.26 Å². The monoisotopic (exact) mass is 196 g/mol. The second kappa shape index (κ2) is 5.61. The zero-order valence-electron chi connectivity index (χ0n) is 8.45. The minimum Gasteiger partial charge on any atom is -0.381 e. The van der Waals surface area contributed by atoms with Gasteiger partial charge in [-0.05, 0) is 25.7 Å². The Morgan fingerprint density at radius 1 is 1.64 bits per heavy atom. The van der Waals surface area contributed by atoms with E-state index in [-0.39, 0.29) is 5.91 Å². The van der Waals surface area contributed by atoms with E-state index in [4.69, 9.17) is 10.00 Å². The summed E-state index contributed by atoms with van der Waals surface area (Å²) in [6.45, 7) is 3.86. The lowest BCUT2D eigenvalue weighted by Crippen LogP contribution is -2.34. The number of hydrogen-bond acceptors (Lipinski definition) is 3. The van der Waals surface area contributed by atoms with Crippen LogP contribution in [0.3, 0.4) is 0 Å². The maximum absolute atomic E-state index is 11.3. The number of nitriles is 1. The Morgan fingerprint density at radius 3 is 2.86 bits per heavy atom. The molecule has 1 atom stereocenters. The van der Waals surface area contributed by atoms with Gasteiger partial charge in [0, 0.05) is 19.8 Å². The van der Waals surface area contributed by atoms with Crippen molar-refractivity contribution < 1.29 is 9.53 Å². The standard InChI is InChI=1S/C10H16N2O2/c1-8(6-11)10(13)12-7-9-2-4-14-5-3-9/h8-9H,2-5,7H2,1H3,(H,12,13). The second-order valence-corrected chi connectivity index (χ2v) is 3.65. The normalized spacial score (nSPS) is 19.7. The molecular formula is C10H16N2O2. The van der Waals surface area contributed by atoms with Crippen LogP contribution in [0, 0.1) is 23.2 Å². The minimum atomic E-state index is -0.546. The quantitative estimate of drug-likeness (QED) is 0.722.